The molecule has 0 saturated heterocycles. The molecule has 0 amide bonds. The maximum atomic E-state index is 12.5. The van der Waals surface area contributed by atoms with E-state index in [1.165, 1.54) is 0 Å². The SMILES string of the molecule is C[C@@H](CC(=O)OC1(C)CCCC1)C[C@H](C)[C@H](OCOCc1ccccc1)c1ccccc1. The number of hydrogen-bond donors (Lipinski definition) is 0. The van der Waals surface area contributed by atoms with Crippen molar-refractivity contribution in [3.05, 3.63) is 71.8 Å². The van der Waals surface area contributed by atoms with E-state index in [4.69, 9.17) is 14.2 Å². The fourth-order valence-corrected chi connectivity index (χ4v) is 4.75. The summed E-state index contributed by atoms with van der Waals surface area (Å²) in [5.74, 6) is 0.391. The minimum absolute atomic E-state index is 0.0718. The molecule has 0 unspecified atom stereocenters. The summed E-state index contributed by atoms with van der Waals surface area (Å²) in [6, 6.07) is 20.4. The van der Waals surface area contributed by atoms with Gasteiger partial charge in [-0.1, -0.05) is 74.5 Å². The average molecular weight is 439 g/mol. The van der Waals surface area contributed by atoms with Crippen molar-refractivity contribution in [2.75, 3.05) is 6.79 Å². The Labute approximate surface area is 193 Å². The first kappa shape index (κ1) is 24.5. The predicted molar refractivity (Wildman–Crippen MR) is 127 cm³/mol. The Morgan fingerprint density at radius 1 is 0.969 bits per heavy atom. The first-order chi connectivity index (χ1) is 15.5. The maximum Gasteiger partial charge on any atom is 0.306 e. The summed E-state index contributed by atoms with van der Waals surface area (Å²) in [7, 11) is 0. The van der Waals surface area contributed by atoms with E-state index >= 15 is 0 Å². The minimum atomic E-state index is -0.256. The fourth-order valence-electron chi connectivity index (χ4n) is 4.75. The van der Waals surface area contributed by atoms with Crippen molar-refractivity contribution in [3.63, 3.8) is 0 Å². The van der Waals surface area contributed by atoms with Crippen LogP contribution in [0.1, 0.15) is 76.5 Å². The molecule has 0 bridgehead atoms. The quantitative estimate of drug-likeness (QED) is 0.207. The Morgan fingerprint density at radius 3 is 2.25 bits per heavy atom. The van der Waals surface area contributed by atoms with E-state index < -0.39 is 0 Å². The molecule has 0 aromatic heterocycles. The monoisotopic (exact) mass is 438 g/mol. The molecule has 1 aliphatic carbocycles. The molecule has 0 spiro atoms. The summed E-state index contributed by atoms with van der Waals surface area (Å²) < 4.78 is 17.8. The number of ether oxygens (including phenoxy) is 3. The van der Waals surface area contributed by atoms with Crippen LogP contribution in [0.4, 0.5) is 0 Å². The molecule has 0 heterocycles. The third-order valence-electron chi connectivity index (χ3n) is 6.40. The normalized spacial score (nSPS) is 18.1. The molecule has 1 aliphatic rings. The van der Waals surface area contributed by atoms with Gasteiger partial charge in [-0.15, -0.1) is 0 Å². The molecule has 174 valence electrons. The largest absolute Gasteiger partial charge is 0.459 e. The lowest BCUT2D eigenvalue weighted by molar-refractivity contribution is -0.159. The topological polar surface area (TPSA) is 44.8 Å². The van der Waals surface area contributed by atoms with Crippen LogP contribution in [0.25, 0.3) is 0 Å². The van der Waals surface area contributed by atoms with Gasteiger partial charge < -0.3 is 14.2 Å². The molecule has 0 N–H and O–H groups in total. The molecule has 2 aromatic carbocycles. The summed E-state index contributed by atoms with van der Waals surface area (Å²) in [6.07, 6.45) is 5.51. The zero-order chi connectivity index (χ0) is 22.8. The summed E-state index contributed by atoms with van der Waals surface area (Å²) in [5, 5.41) is 0. The number of hydrogen-bond acceptors (Lipinski definition) is 4. The van der Waals surface area contributed by atoms with Crippen LogP contribution >= 0.6 is 0 Å². The second kappa shape index (κ2) is 12.2. The van der Waals surface area contributed by atoms with E-state index in [1.807, 2.05) is 48.5 Å². The van der Waals surface area contributed by atoms with Gasteiger partial charge in [0.15, 0.2) is 0 Å². The molecule has 3 rings (SSSR count). The lowest BCUT2D eigenvalue weighted by Crippen LogP contribution is -2.29. The van der Waals surface area contributed by atoms with E-state index in [9.17, 15) is 4.79 Å². The van der Waals surface area contributed by atoms with Crippen LogP contribution in [0.15, 0.2) is 60.7 Å². The van der Waals surface area contributed by atoms with Gasteiger partial charge in [-0.3, -0.25) is 4.79 Å². The summed E-state index contributed by atoms with van der Waals surface area (Å²) in [6.45, 7) is 7.14. The van der Waals surface area contributed by atoms with Gasteiger partial charge in [0.25, 0.3) is 0 Å². The van der Waals surface area contributed by atoms with Gasteiger partial charge in [-0.05, 0) is 62.0 Å². The van der Waals surface area contributed by atoms with Gasteiger partial charge in [0, 0.05) is 6.42 Å². The molecule has 4 heteroatoms. The Balaban J connectivity index is 1.51. The zero-order valence-electron chi connectivity index (χ0n) is 19.8. The smallest absolute Gasteiger partial charge is 0.306 e. The molecular weight excluding hydrogens is 400 g/mol. The van der Waals surface area contributed by atoms with E-state index in [2.05, 4.69) is 32.9 Å². The van der Waals surface area contributed by atoms with Crippen molar-refractivity contribution in [3.8, 4) is 0 Å². The molecule has 3 atom stereocenters. The summed E-state index contributed by atoms with van der Waals surface area (Å²) >= 11 is 0. The van der Waals surface area contributed by atoms with Crippen molar-refractivity contribution in [1.29, 1.82) is 0 Å². The molecule has 4 nitrogen and oxygen atoms in total. The molecule has 0 radical (unpaired) electrons. The van der Waals surface area contributed by atoms with Crippen LogP contribution in [0.2, 0.25) is 0 Å². The fraction of sp³-hybridized carbons (Fsp3) is 0.536. The lowest BCUT2D eigenvalue weighted by atomic mass is 9.87. The van der Waals surface area contributed by atoms with Crippen molar-refractivity contribution < 1.29 is 19.0 Å². The van der Waals surface area contributed by atoms with Gasteiger partial charge in [0.05, 0.1) is 12.7 Å². The highest BCUT2D eigenvalue weighted by atomic mass is 16.7. The number of esters is 1. The van der Waals surface area contributed by atoms with E-state index in [1.54, 1.807) is 0 Å². The highest BCUT2D eigenvalue weighted by Crippen LogP contribution is 2.34. The maximum absolute atomic E-state index is 12.5. The van der Waals surface area contributed by atoms with Gasteiger partial charge in [-0.2, -0.15) is 0 Å². The molecule has 1 saturated carbocycles. The highest BCUT2D eigenvalue weighted by Gasteiger charge is 2.33. The third-order valence-corrected chi connectivity index (χ3v) is 6.40. The van der Waals surface area contributed by atoms with Crippen LogP contribution in [0.3, 0.4) is 0 Å². The molecule has 32 heavy (non-hydrogen) atoms. The van der Waals surface area contributed by atoms with Crippen LogP contribution < -0.4 is 0 Å². The third kappa shape index (κ3) is 7.75. The van der Waals surface area contributed by atoms with E-state index in [0.29, 0.717) is 13.0 Å². The van der Waals surface area contributed by atoms with Crippen molar-refractivity contribution in [1.82, 2.24) is 0 Å². The number of benzene rings is 2. The van der Waals surface area contributed by atoms with E-state index in [0.717, 1.165) is 43.2 Å². The van der Waals surface area contributed by atoms with Gasteiger partial charge >= 0.3 is 5.97 Å². The van der Waals surface area contributed by atoms with Crippen molar-refractivity contribution in [2.45, 2.75) is 77.6 Å². The highest BCUT2D eigenvalue weighted by molar-refractivity contribution is 5.70. The summed E-state index contributed by atoms with van der Waals surface area (Å²) in [4.78, 5) is 12.5. The summed E-state index contributed by atoms with van der Waals surface area (Å²) in [5.41, 5.74) is 2.01. The Morgan fingerprint density at radius 2 is 1.59 bits per heavy atom. The van der Waals surface area contributed by atoms with E-state index in [-0.39, 0.29) is 36.3 Å². The van der Waals surface area contributed by atoms with Crippen LogP contribution in [-0.4, -0.2) is 18.4 Å². The molecular formula is C28H38O4. The lowest BCUT2D eigenvalue weighted by Gasteiger charge is -2.28. The average Bonchev–Trinajstić information content (AvgIpc) is 3.20. The number of carbonyl (C=O) groups is 1. The zero-order valence-corrected chi connectivity index (χ0v) is 19.8. The van der Waals surface area contributed by atoms with Crippen LogP contribution in [0, 0.1) is 11.8 Å². The first-order valence-electron chi connectivity index (χ1n) is 12.0. The first-order valence-corrected chi connectivity index (χ1v) is 12.0. The predicted octanol–water partition coefficient (Wildman–Crippen LogP) is 6.85. The second-order valence-corrected chi connectivity index (χ2v) is 9.60. The Kier molecular flexibility index (Phi) is 9.31. The van der Waals surface area contributed by atoms with Crippen molar-refractivity contribution >= 4 is 5.97 Å². The van der Waals surface area contributed by atoms with Crippen molar-refractivity contribution in [2.24, 2.45) is 11.8 Å². The molecule has 0 aliphatic heterocycles. The molecule has 2 aromatic rings. The Hall–Kier alpha value is -2.17. The number of rotatable bonds is 12. The van der Waals surface area contributed by atoms with Crippen LogP contribution in [-0.2, 0) is 25.6 Å². The van der Waals surface area contributed by atoms with Gasteiger partial charge in [0.1, 0.15) is 12.4 Å². The molecule has 1 fully saturated rings. The second-order valence-electron chi connectivity index (χ2n) is 9.60. The number of carbonyl (C=O) groups excluding carboxylic acids is 1. The standard InChI is InChI=1S/C28H38O4/c1-22(19-26(29)32-28(3)16-10-11-17-28)18-23(2)27(25-14-8-5-9-15-25)31-21-30-20-24-12-6-4-7-13-24/h4-9,12-15,22-23,27H,10-11,16-21H2,1-3H3/t22-,23+,27+/m1/s1. The van der Waals surface area contributed by atoms with Crippen LogP contribution in [0.5, 0.6) is 0 Å². The van der Waals surface area contributed by atoms with Gasteiger partial charge in [0.2, 0.25) is 0 Å². The Bertz CT molecular complexity index is 799. The van der Waals surface area contributed by atoms with Gasteiger partial charge in [-0.25, -0.2) is 0 Å². The minimum Gasteiger partial charge on any atom is -0.459 e.